The van der Waals surface area contributed by atoms with Gasteiger partial charge in [-0.2, -0.15) is 0 Å². The maximum atomic E-state index is 12.8. The lowest BCUT2D eigenvalue weighted by molar-refractivity contribution is -0.152. The number of aryl methyl sites for hydroxylation is 1. The van der Waals surface area contributed by atoms with Crippen LogP contribution in [0.4, 0.5) is 5.69 Å². The SMILES string of the molecule is COC(=O)C(C)(C)C1CCc2ccccc2N1C(=O)C(C)C. The molecule has 1 aliphatic heterocycles. The Morgan fingerprint density at radius 3 is 2.50 bits per heavy atom. The van der Waals surface area contributed by atoms with Crippen LogP contribution in [0.5, 0.6) is 0 Å². The first-order valence-electron chi connectivity index (χ1n) is 7.80. The molecule has 1 heterocycles. The smallest absolute Gasteiger partial charge is 0.313 e. The van der Waals surface area contributed by atoms with E-state index in [1.807, 2.05) is 50.8 Å². The van der Waals surface area contributed by atoms with Gasteiger partial charge in [-0.05, 0) is 38.3 Å². The summed E-state index contributed by atoms with van der Waals surface area (Å²) in [4.78, 5) is 26.8. The maximum absolute atomic E-state index is 12.8. The fourth-order valence-electron chi connectivity index (χ4n) is 3.18. The van der Waals surface area contributed by atoms with Gasteiger partial charge in [0.15, 0.2) is 0 Å². The van der Waals surface area contributed by atoms with Crippen LogP contribution in [0.2, 0.25) is 0 Å². The molecule has 1 aliphatic rings. The molecule has 2 rings (SSSR count). The van der Waals surface area contributed by atoms with Gasteiger partial charge in [0.05, 0.1) is 18.6 Å². The first kappa shape index (κ1) is 16.5. The lowest BCUT2D eigenvalue weighted by Crippen LogP contribution is -2.55. The van der Waals surface area contributed by atoms with Gasteiger partial charge in [0, 0.05) is 11.6 Å². The molecule has 1 unspecified atom stereocenters. The van der Waals surface area contributed by atoms with E-state index in [0.717, 1.165) is 24.1 Å². The second-order valence-corrected chi connectivity index (χ2v) is 6.76. The summed E-state index contributed by atoms with van der Waals surface area (Å²) in [7, 11) is 1.40. The van der Waals surface area contributed by atoms with E-state index in [2.05, 4.69) is 6.07 Å². The summed E-state index contributed by atoms with van der Waals surface area (Å²) < 4.78 is 4.97. The number of para-hydroxylation sites is 1. The van der Waals surface area contributed by atoms with E-state index in [0.29, 0.717) is 0 Å². The number of hydrogen-bond donors (Lipinski definition) is 0. The fourth-order valence-corrected chi connectivity index (χ4v) is 3.18. The van der Waals surface area contributed by atoms with E-state index in [4.69, 9.17) is 4.74 Å². The molecule has 0 saturated heterocycles. The van der Waals surface area contributed by atoms with Crippen molar-refractivity contribution in [1.29, 1.82) is 0 Å². The summed E-state index contributed by atoms with van der Waals surface area (Å²) in [6.07, 6.45) is 1.63. The number of methoxy groups -OCH3 is 1. The molecule has 1 aromatic rings. The minimum Gasteiger partial charge on any atom is -0.469 e. The van der Waals surface area contributed by atoms with Crippen molar-refractivity contribution in [3.05, 3.63) is 29.8 Å². The normalized spacial score (nSPS) is 18.1. The summed E-state index contributed by atoms with van der Waals surface area (Å²) in [6.45, 7) is 7.50. The molecule has 0 saturated carbocycles. The van der Waals surface area contributed by atoms with Gasteiger partial charge < -0.3 is 9.64 Å². The van der Waals surface area contributed by atoms with E-state index in [1.165, 1.54) is 7.11 Å². The van der Waals surface area contributed by atoms with Crippen molar-refractivity contribution < 1.29 is 14.3 Å². The number of hydrogen-bond acceptors (Lipinski definition) is 3. The van der Waals surface area contributed by atoms with Crippen molar-refractivity contribution in [1.82, 2.24) is 0 Å². The summed E-state index contributed by atoms with van der Waals surface area (Å²) in [5.41, 5.74) is 1.34. The van der Waals surface area contributed by atoms with Crippen LogP contribution < -0.4 is 4.90 Å². The monoisotopic (exact) mass is 303 g/mol. The van der Waals surface area contributed by atoms with Crippen molar-refractivity contribution in [2.24, 2.45) is 11.3 Å². The average molecular weight is 303 g/mol. The van der Waals surface area contributed by atoms with Crippen LogP contribution in [0.15, 0.2) is 24.3 Å². The van der Waals surface area contributed by atoms with Crippen LogP contribution in [0.1, 0.15) is 39.7 Å². The number of fused-ring (bicyclic) bond motifs is 1. The van der Waals surface area contributed by atoms with Crippen LogP contribution in [0, 0.1) is 11.3 Å². The Morgan fingerprint density at radius 2 is 1.91 bits per heavy atom. The third-order valence-electron chi connectivity index (χ3n) is 4.53. The molecule has 0 aromatic heterocycles. The zero-order chi connectivity index (χ0) is 16.5. The van der Waals surface area contributed by atoms with Crippen molar-refractivity contribution in [2.45, 2.75) is 46.6 Å². The molecular formula is C18H25NO3. The zero-order valence-corrected chi connectivity index (χ0v) is 14.1. The number of rotatable bonds is 3. The van der Waals surface area contributed by atoms with Gasteiger partial charge in [-0.25, -0.2) is 0 Å². The van der Waals surface area contributed by atoms with Crippen LogP contribution in [-0.4, -0.2) is 25.0 Å². The molecule has 4 heteroatoms. The molecule has 22 heavy (non-hydrogen) atoms. The van der Waals surface area contributed by atoms with Crippen molar-refractivity contribution >= 4 is 17.6 Å². The quantitative estimate of drug-likeness (QED) is 0.806. The predicted molar refractivity (Wildman–Crippen MR) is 86.7 cm³/mol. The van der Waals surface area contributed by atoms with E-state index in [9.17, 15) is 9.59 Å². The molecule has 1 amide bonds. The Labute approximate surface area is 132 Å². The van der Waals surface area contributed by atoms with E-state index in [1.54, 1.807) is 0 Å². The highest BCUT2D eigenvalue weighted by Gasteiger charge is 2.45. The van der Waals surface area contributed by atoms with Gasteiger partial charge in [-0.15, -0.1) is 0 Å². The standard InChI is InChI=1S/C18H25NO3/c1-12(2)16(20)19-14-9-7-6-8-13(14)10-11-15(19)18(3,4)17(21)22-5/h6-9,12,15H,10-11H2,1-5H3. The second-order valence-electron chi connectivity index (χ2n) is 6.76. The molecule has 0 radical (unpaired) electrons. The highest BCUT2D eigenvalue weighted by molar-refractivity contribution is 5.97. The lowest BCUT2D eigenvalue weighted by Gasteiger charge is -2.44. The average Bonchev–Trinajstić information content (AvgIpc) is 2.51. The number of benzene rings is 1. The number of nitrogens with zero attached hydrogens (tertiary/aromatic N) is 1. The van der Waals surface area contributed by atoms with Gasteiger partial charge in [0.1, 0.15) is 0 Å². The summed E-state index contributed by atoms with van der Waals surface area (Å²) in [5.74, 6) is -0.352. The summed E-state index contributed by atoms with van der Waals surface area (Å²) in [6, 6.07) is 7.76. The maximum Gasteiger partial charge on any atom is 0.313 e. The first-order valence-corrected chi connectivity index (χ1v) is 7.80. The number of esters is 1. The summed E-state index contributed by atoms with van der Waals surface area (Å²) in [5, 5.41) is 0. The molecule has 0 aliphatic carbocycles. The van der Waals surface area contributed by atoms with Gasteiger partial charge in [0.2, 0.25) is 5.91 Å². The Balaban J connectivity index is 2.51. The van der Waals surface area contributed by atoms with E-state index >= 15 is 0 Å². The minimum atomic E-state index is -0.743. The van der Waals surface area contributed by atoms with Crippen LogP contribution in [0.25, 0.3) is 0 Å². The molecule has 1 aromatic carbocycles. The predicted octanol–water partition coefficient (Wildman–Crippen LogP) is 3.19. The second kappa shape index (κ2) is 6.11. The van der Waals surface area contributed by atoms with Crippen LogP contribution in [0.3, 0.4) is 0 Å². The highest BCUT2D eigenvalue weighted by atomic mass is 16.5. The Kier molecular flexibility index (Phi) is 4.59. The molecule has 120 valence electrons. The summed E-state index contributed by atoms with van der Waals surface area (Å²) >= 11 is 0. The van der Waals surface area contributed by atoms with E-state index < -0.39 is 5.41 Å². The number of carbonyl (C=O) groups is 2. The number of amides is 1. The van der Waals surface area contributed by atoms with Gasteiger partial charge in [-0.1, -0.05) is 32.0 Å². The molecule has 1 atom stereocenters. The number of anilines is 1. The molecule has 4 nitrogen and oxygen atoms in total. The Morgan fingerprint density at radius 1 is 1.27 bits per heavy atom. The van der Waals surface area contributed by atoms with Gasteiger partial charge in [-0.3, -0.25) is 9.59 Å². The molecule has 0 spiro atoms. The van der Waals surface area contributed by atoms with Crippen LogP contribution in [-0.2, 0) is 20.7 Å². The van der Waals surface area contributed by atoms with Crippen LogP contribution >= 0.6 is 0 Å². The van der Waals surface area contributed by atoms with E-state index in [-0.39, 0.29) is 23.8 Å². The largest absolute Gasteiger partial charge is 0.469 e. The number of ether oxygens (including phenoxy) is 1. The van der Waals surface area contributed by atoms with Crippen molar-refractivity contribution in [3.63, 3.8) is 0 Å². The highest BCUT2D eigenvalue weighted by Crippen LogP contribution is 2.39. The fraction of sp³-hybridized carbons (Fsp3) is 0.556. The lowest BCUT2D eigenvalue weighted by atomic mass is 9.77. The topological polar surface area (TPSA) is 46.6 Å². The van der Waals surface area contributed by atoms with Gasteiger partial charge in [0.25, 0.3) is 0 Å². The van der Waals surface area contributed by atoms with Crippen molar-refractivity contribution in [2.75, 3.05) is 12.0 Å². The first-order chi connectivity index (χ1) is 10.3. The Bertz CT molecular complexity index is 577. The molecule has 0 N–H and O–H groups in total. The minimum absolute atomic E-state index is 0.0501. The zero-order valence-electron chi connectivity index (χ0n) is 14.1. The molecule has 0 fully saturated rings. The van der Waals surface area contributed by atoms with Crippen molar-refractivity contribution in [3.8, 4) is 0 Å². The third kappa shape index (κ3) is 2.74. The molecule has 0 bridgehead atoms. The third-order valence-corrected chi connectivity index (χ3v) is 4.53. The number of carbonyl (C=O) groups excluding carboxylic acids is 2. The Hall–Kier alpha value is -1.84. The van der Waals surface area contributed by atoms with Gasteiger partial charge >= 0.3 is 5.97 Å². The molecular weight excluding hydrogens is 278 g/mol.